The first-order valence-electron chi connectivity index (χ1n) is 3.45. The quantitative estimate of drug-likeness (QED) is 0.557. The lowest BCUT2D eigenvalue weighted by molar-refractivity contribution is -0.111. The van der Waals surface area contributed by atoms with Crippen LogP contribution in [-0.2, 0) is 4.79 Å². The summed E-state index contributed by atoms with van der Waals surface area (Å²) in [6, 6.07) is 0. The molecule has 2 nitrogen and oxygen atoms in total. The van der Waals surface area contributed by atoms with Crippen LogP contribution in [0.15, 0.2) is 0 Å². The summed E-state index contributed by atoms with van der Waals surface area (Å²) in [5, 5.41) is 3.01. The van der Waals surface area contributed by atoms with Gasteiger partial charge in [-0.1, -0.05) is 6.92 Å². The van der Waals surface area contributed by atoms with Gasteiger partial charge in [-0.05, 0) is 26.4 Å². The second-order valence-electron chi connectivity index (χ2n) is 2.20. The van der Waals surface area contributed by atoms with Crippen LogP contribution in [0.5, 0.6) is 0 Å². The minimum Gasteiger partial charge on any atom is -0.320 e. The average Bonchev–Trinajstić information content (AvgIpc) is 1.91. The van der Waals surface area contributed by atoms with Crippen LogP contribution >= 0.6 is 0 Å². The maximum Gasteiger partial charge on any atom is 0.123 e. The third-order valence-corrected chi connectivity index (χ3v) is 1.48. The Morgan fingerprint density at radius 3 is 2.67 bits per heavy atom. The van der Waals surface area contributed by atoms with Crippen molar-refractivity contribution in [3.8, 4) is 0 Å². The second-order valence-corrected chi connectivity index (χ2v) is 2.20. The van der Waals surface area contributed by atoms with Crippen LogP contribution in [0, 0.1) is 5.92 Å². The third-order valence-electron chi connectivity index (χ3n) is 1.48. The fraction of sp³-hybridized carbons (Fsp3) is 0.857. The smallest absolute Gasteiger partial charge is 0.123 e. The van der Waals surface area contributed by atoms with Crippen LogP contribution in [0.4, 0.5) is 0 Å². The molecule has 0 aliphatic rings. The number of carbonyl (C=O) groups is 1. The summed E-state index contributed by atoms with van der Waals surface area (Å²) in [4.78, 5) is 10.2. The second kappa shape index (κ2) is 5.76. The van der Waals surface area contributed by atoms with Crippen molar-refractivity contribution in [2.24, 2.45) is 5.92 Å². The predicted molar refractivity (Wildman–Crippen MR) is 38.4 cm³/mol. The van der Waals surface area contributed by atoms with Crippen LogP contribution in [-0.4, -0.2) is 19.9 Å². The van der Waals surface area contributed by atoms with Gasteiger partial charge in [-0.2, -0.15) is 0 Å². The van der Waals surface area contributed by atoms with Gasteiger partial charge < -0.3 is 10.1 Å². The molecule has 2 heteroatoms. The highest BCUT2D eigenvalue weighted by Gasteiger charge is 2.00. The number of hydrogen-bond acceptors (Lipinski definition) is 2. The summed E-state index contributed by atoms with van der Waals surface area (Å²) >= 11 is 0. The molecule has 1 atom stereocenters. The largest absolute Gasteiger partial charge is 0.320 e. The Bertz CT molecular complexity index is 73.3. The minimum absolute atomic E-state index is 0.262. The predicted octanol–water partition coefficient (Wildman–Crippen LogP) is 0.821. The van der Waals surface area contributed by atoms with Crippen LogP contribution < -0.4 is 5.32 Å². The molecule has 0 radical (unpaired) electrons. The van der Waals surface area contributed by atoms with Crippen molar-refractivity contribution >= 4 is 6.29 Å². The Morgan fingerprint density at radius 2 is 2.33 bits per heavy atom. The SMILES string of the molecule is CCC(C=O)CCNC. The van der Waals surface area contributed by atoms with Gasteiger partial charge in [0.2, 0.25) is 0 Å². The summed E-state index contributed by atoms with van der Waals surface area (Å²) in [6.07, 6.45) is 2.97. The zero-order valence-electron chi connectivity index (χ0n) is 6.18. The van der Waals surface area contributed by atoms with E-state index in [0.717, 1.165) is 25.7 Å². The number of rotatable bonds is 5. The molecule has 0 aliphatic carbocycles. The molecular weight excluding hydrogens is 114 g/mol. The van der Waals surface area contributed by atoms with Gasteiger partial charge in [-0.25, -0.2) is 0 Å². The monoisotopic (exact) mass is 129 g/mol. The Balaban J connectivity index is 3.20. The Morgan fingerprint density at radius 1 is 1.67 bits per heavy atom. The number of aldehydes is 1. The highest BCUT2D eigenvalue weighted by atomic mass is 16.1. The highest BCUT2D eigenvalue weighted by molar-refractivity contribution is 5.53. The maximum atomic E-state index is 10.2. The zero-order chi connectivity index (χ0) is 7.11. The van der Waals surface area contributed by atoms with E-state index in [4.69, 9.17) is 0 Å². The van der Waals surface area contributed by atoms with Gasteiger partial charge in [0, 0.05) is 5.92 Å². The fourth-order valence-corrected chi connectivity index (χ4v) is 0.698. The molecule has 9 heavy (non-hydrogen) atoms. The van der Waals surface area contributed by atoms with Crippen LogP contribution in [0.25, 0.3) is 0 Å². The van der Waals surface area contributed by atoms with Crippen LogP contribution in [0.3, 0.4) is 0 Å². The summed E-state index contributed by atoms with van der Waals surface area (Å²) in [6.45, 7) is 2.98. The number of hydrogen-bond donors (Lipinski definition) is 1. The molecule has 1 unspecified atom stereocenters. The summed E-state index contributed by atoms with van der Waals surface area (Å²) < 4.78 is 0. The van der Waals surface area contributed by atoms with E-state index in [9.17, 15) is 4.79 Å². The Kier molecular flexibility index (Phi) is 5.52. The van der Waals surface area contributed by atoms with E-state index in [2.05, 4.69) is 5.32 Å². The molecule has 0 amide bonds. The van der Waals surface area contributed by atoms with Gasteiger partial charge in [-0.3, -0.25) is 0 Å². The van der Waals surface area contributed by atoms with Crippen molar-refractivity contribution < 1.29 is 4.79 Å². The molecule has 0 saturated carbocycles. The van der Waals surface area contributed by atoms with E-state index in [-0.39, 0.29) is 5.92 Å². The molecule has 0 aromatic rings. The molecular formula is C7H15NO. The molecule has 0 aromatic carbocycles. The van der Waals surface area contributed by atoms with Crippen molar-refractivity contribution in [1.82, 2.24) is 5.32 Å². The summed E-state index contributed by atoms with van der Waals surface area (Å²) in [7, 11) is 1.90. The molecule has 0 aromatic heterocycles. The van der Waals surface area contributed by atoms with Gasteiger partial charge in [0.15, 0.2) is 0 Å². The fourth-order valence-electron chi connectivity index (χ4n) is 0.698. The molecule has 0 rings (SSSR count). The van der Waals surface area contributed by atoms with E-state index in [1.807, 2.05) is 14.0 Å². The highest BCUT2D eigenvalue weighted by Crippen LogP contribution is 2.01. The first-order chi connectivity index (χ1) is 4.35. The van der Waals surface area contributed by atoms with Crippen LogP contribution in [0.2, 0.25) is 0 Å². The standard InChI is InChI=1S/C7H15NO/c1-3-7(6-9)4-5-8-2/h6-8H,3-5H2,1-2H3. The molecule has 0 bridgehead atoms. The van der Waals surface area contributed by atoms with E-state index in [1.165, 1.54) is 0 Å². The average molecular weight is 129 g/mol. The van der Waals surface area contributed by atoms with Crippen molar-refractivity contribution in [3.05, 3.63) is 0 Å². The third kappa shape index (κ3) is 4.15. The molecule has 0 heterocycles. The maximum absolute atomic E-state index is 10.2. The summed E-state index contributed by atoms with van der Waals surface area (Å²) in [5.74, 6) is 0.262. The first kappa shape index (κ1) is 8.63. The summed E-state index contributed by atoms with van der Waals surface area (Å²) in [5.41, 5.74) is 0. The molecule has 54 valence electrons. The van der Waals surface area contributed by atoms with Crippen molar-refractivity contribution in [2.75, 3.05) is 13.6 Å². The molecule has 0 saturated heterocycles. The van der Waals surface area contributed by atoms with Gasteiger partial charge in [0.1, 0.15) is 6.29 Å². The first-order valence-corrected chi connectivity index (χ1v) is 3.45. The lowest BCUT2D eigenvalue weighted by Crippen LogP contribution is -2.13. The van der Waals surface area contributed by atoms with Crippen molar-refractivity contribution in [2.45, 2.75) is 19.8 Å². The van der Waals surface area contributed by atoms with Crippen molar-refractivity contribution in [3.63, 3.8) is 0 Å². The van der Waals surface area contributed by atoms with E-state index < -0.39 is 0 Å². The Labute approximate surface area is 56.6 Å². The zero-order valence-corrected chi connectivity index (χ0v) is 6.18. The number of nitrogens with one attached hydrogen (secondary N) is 1. The molecule has 0 fully saturated rings. The lowest BCUT2D eigenvalue weighted by atomic mass is 10.1. The van der Waals surface area contributed by atoms with Gasteiger partial charge in [0.05, 0.1) is 0 Å². The van der Waals surface area contributed by atoms with Crippen molar-refractivity contribution in [1.29, 1.82) is 0 Å². The topological polar surface area (TPSA) is 29.1 Å². The normalized spacial score (nSPS) is 13.1. The Hall–Kier alpha value is -0.370. The lowest BCUT2D eigenvalue weighted by Gasteiger charge is -2.04. The number of carbonyl (C=O) groups excluding carboxylic acids is 1. The minimum atomic E-state index is 0.262. The molecule has 1 N–H and O–H groups in total. The van der Waals surface area contributed by atoms with E-state index in [1.54, 1.807) is 0 Å². The van der Waals surface area contributed by atoms with E-state index >= 15 is 0 Å². The van der Waals surface area contributed by atoms with Gasteiger partial charge in [-0.15, -0.1) is 0 Å². The van der Waals surface area contributed by atoms with Gasteiger partial charge in [0.25, 0.3) is 0 Å². The van der Waals surface area contributed by atoms with E-state index in [0.29, 0.717) is 0 Å². The van der Waals surface area contributed by atoms with Gasteiger partial charge >= 0.3 is 0 Å². The molecule has 0 aliphatic heterocycles. The molecule has 0 spiro atoms. The van der Waals surface area contributed by atoms with Crippen LogP contribution in [0.1, 0.15) is 19.8 Å².